The molecule has 0 aliphatic rings. The molecule has 2 N–H and O–H groups in total. The Bertz CT molecular complexity index is 733. The minimum absolute atomic E-state index is 0.0577. The van der Waals surface area contributed by atoms with Gasteiger partial charge in [-0.05, 0) is 41.1 Å². The molecule has 0 radical (unpaired) electrons. The van der Waals surface area contributed by atoms with E-state index in [2.05, 4.69) is 26.6 Å². The van der Waals surface area contributed by atoms with Crippen LogP contribution in [-0.2, 0) is 4.79 Å². The minimum Gasteiger partial charge on any atom is -0.444 e. The fraction of sp³-hybridized carbons (Fsp3) is 0.200. The molecule has 2 amide bonds. The second-order valence-electron chi connectivity index (χ2n) is 4.74. The van der Waals surface area contributed by atoms with Crippen molar-refractivity contribution in [3.05, 3.63) is 58.0 Å². The summed E-state index contributed by atoms with van der Waals surface area (Å²) < 4.78 is 31.9. The van der Waals surface area contributed by atoms with E-state index in [1.54, 1.807) is 13.0 Å². The number of rotatable bonds is 5. The van der Waals surface area contributed by atoms with Gasteiger partial charge in [-0.3, -0.25) is 9.59 Å². The topological polar surface area (TPSA) is 71.3 Å². The van der Waals surface area contributed by atoms with Crippen LogP contribution in [0.3, 0.4) is 0 Å². The molecule has 1 heterocycles. The molecule has 0 fully saturated rings. The van der Waals surface area contributed by atoms with Crippen molar-refractivity contribution in [1.82, 2.24) is 10.6 Å². The normalized spacial score (nSPS) is 11.8. The summed E-state index contributed by atoms with van der Waals surface area (Å²) in [5.74, 6) is -2.45. The highest BCUT2D eigenvalue weighted by Gasteiger charge is 2.16. The smallest absolute Gasteiger partial charge is 0.287 e. The largest absolute Gasteiger partial charge is 0.444 e. The van der Waals surface area contributed by atoms with Crippen LogP contribution >= 0.6 is 15.9 Å². The second kappa shape index (κ2) is 7.36. The summed E-state index contributed by atoms with van der Waals surface area (Å²) in [5.41, 5.74) is 0.154. The Morgan fingerprint density at radius 2 is 2.00 bits per heavy atom. The number of carbonyl (C=O) groups is 2. The van der Waals surface area contributed by atoms with E-state index in [1.807, 2.05) is 0 Å². The van der Waals surface area contributed by atoms with E-state index in [9.17, 15) is 18.4 Å². The zero-order valence-corrected chi connectivity index (χ0v) is 13.6. The maximum Gasteiger partial charge on any atom is 0.287 e. The molecule has 0 saturated heterocycles. The lowest BCUT2D eigenvalue weighted by atomic mass is 10.1. The lowest BCUT2D eigenvalue weighted by Gasteiger charge is -2.15. The van der Waals surface area contributed by atoms with Crippen LogP contribution in [0.1, 0.15) is 29.1 Å². The van der Waals surface area contributed by atoms with E-state index < -0.39 is 29.5 Å². The molecule has 122 valence electrons. The third-order valence-electron chi connectivity index (χ3n) is 3.01. The number of halogens is 3. The van der Waals surface area contributed by atoms with Crippen molar-refractivity contribution in [2.75, 3.05) is 6.54 Å². The molecule has 0 saturated carbocycles. The monoisotopic (exact) mass is 386 g/mol. The maximum atomic E-state index is 13.6. The third kappa shape index (κ3) is 4.62. The maximum absolute atomic E-state index is 13.6. The number of amides is 2. The molecule has 23 heavy (non-hydrogen) atoms. The number of carbonyl (C=O) groups excluding carboxylic acids is 2. The predicted molar refractivity (Wildman–Crippen MR) is 81.7 cm³/mol. The van der Waals surface area contributed by atoms with Crippen molar-refractivity contribution in [2.45, 2.75) is 13.0 Å². The SMILES string of the molecule is CC(NC(=O)CNC(=O)c1ccc(Br)o1)c1ccc(F)cc1F. The summed E-state index contributed by atoms with van der Waals surface area (Å²) in [6.07, 6.45) is 0. The lowest BCUT2D eigenvalue weighted by Crippen LogP contribution is -2.38. The molecule has 8 heteroatoms. The van der Waals surface area contributed by atoms with Crippen LogP contribution in [0.5, 0.6) is 0 Å². The molecule has 1 aromatic carbocycles. The second-order valence-corrected chi connectivity index (χ2v) is 5.52. The Morgan fingerprint density at radius 1 is 1.26 bits per heavy atom. The van der Waals surface area contributed by atoms with E-state index in [-0.39, 0.29) is 17.9 Å². The molecule has 0 spiro atoms. The first-order chi connectivity index (χ1) is 10.9. The summed E-state index contributed by atoms with van der Waals surface area (Å²) in [7, 11) is 0. The van der Waals surface area contributed by atoms with Gasteiger partial charge in [-0.25, -0.2) is 8.78 Å². The average Bonchev–Trinajstić information content (AvgIpc) is 2.91. The molecule has 0 aliphatic heterocycles. The average molecular weight is 387 g/mol. The summed E-state index contributed by atoms with van der Waals surface area (Å²) in [4.78, 5) is 23.5. The molecule has 0 aliphatic carbocycles. The van der Waals surface area contributed by atoms with Crippen molar-refractivity contribution in [3.8, 4) is 0 Å². The van der Waals surface area contributed by atoms with Crippen LogP contribution < -0.4 is 10.6 Å². The Morgan fingerprint density at radius 3 is 2.61 bits per heavy atom. The molecule has 1 aromatic heterocycles. The van der Waals surface area contributed by atoms with E-state index in [1.165, 1.54) is 12.1 Å². The molecular formula is C15H13BrF2N2O3. The summed E-state index contributed by atoms with van der Waals surface area (Å²) in [6, 6.07) is 5.45. The van der Waals surface area contributed by atoms with Crippen molar-refractivity contribution in [1.29, 1.82) is 0 Å². The first-order valence-corrected chi connectivity index (χ1v) is 7.44. The van der Waals surface area contributed by atoms with Crippen LogP contribution in [0.15, 0.2) is 39.4 Å². The van der Waals surface area contributed by atoms with Crippen LogP contribution in [0.2, 0.25) is 0 Å². The molecule has 1 unspecified atom stereocenters. The fourth-order valence-corrected chi connectivity index (χ4v) is 2.21. The van der Waals surface area contributed by atoms with Gasteiger partial charge in [-0.2, -0.15) is 0 Å². The van der Waals surface area contributed by atoms with Gasteiger partial charge in [0.25, 0.3) is 5.91 Å². The van der Waals surface area contributed by atoms with Crippen LogP contribution in [0.25, 0.3) is 0 Å². The summed E-state index contributed by atoms with van der Waals surface area (Å²) >= 11 is 3.06. The first-order valence-electron chi connectivity index (χ1n) is 6.64. The van der Waals surface area contributed by atoms with Crippen LogP contribution in [-0.4, -0.2) is 18.4 Å². The van der Waals surface area contributed by atoms with Crippen molar-refractivity contribution < 1.29 is 22.8 Å². The Kier molecular flexibility index (Phi) is 5.49. The molecule has 2 aromatic rings. The molecule has 0 bridgehead atoms. The van der Waals surface area contributed by atoms with Gasteiger partial charge in [0.05, 0.1) is 12.6 Å². The number of hydrogen-bond donors (Lipinski definition) is 2. The van der Waals surface area contributed by atoms with Gasteiger partial charge in [0.1, 0.15) is 11.6 Å². The van der Waals surface area contributed by atoms with Crippen molar-refractivity contribution >= 4 is 27.7 Å². The first kappa shape index (κ1) is 17.1. The van der Waals surface area contributed by atoms with E-state index in [4.69, 9.17) is 4.42 Å². The molecular weight excluding hydrogens is 374 g/mol. The molecule has 5 nitrogen and oxygen atoms in total. The van der Waals surface area contributed by atoms with Crippen molar-refractivity contribution in [2.24, 2.45) is 0 Å². The Labute approximate surface area is 139 Å². The lowest BCUT2D eigenvalue weighted by molar-refractivity contribution is -0.120. The van der Waals surface area contributed by atoms with Gasteiger partial charge in [-0.1, -0.05) is 6.07 Å². The zero-order chi connectivity index (χ0) is 17.0. The van der Waals surface area contributed by atoms with Crippen LogP contribution in [0.4, 0.5) is 8.78 Å². The highest BCUT2D eigenvalue weighted by Crippen LogP contribution is 2.17. The predicted octanol–water partition coefficient (Wildman–Crippen LogP) is 2.93. The highest BCUT2D eigenvalue weighted by atomic mass is 79.9. The van der Waals surface area contributed by atoms with Gasteiger partial charge in [0, 0.05) is 11.6 Å². The number of benzene rings is 1. The Hall–Kier alpha value is -2.22. The number of hydrogen-bond acceptors (Lipinski definition) is 3. The minimum atomic E-state index is -0.748. The van der Waals surface area contributed by atoms with Gasteiger partial charge < -0.3 is 15.1 Å². The Balaban J connectivity index is 1.88. The van der Waals surface area contributed by atoms with Crippen molar-refractivity contribution in [3.63, 3.8) is 0 Å². The number of furan rings is 1. The summed E-state index contributed by atoms with van der Waals surface area (Å²) in [5, 5.41) is 4.89. The molecule has 1 atom stereocenters. The quantitative estimate of drug-likeness (QED) is 0.829. The zero-order valence-electron chi connectivity index (χ0n) is 12.0. The third-order valence-corrected chi connectivity index (χ3v) is 3.44. The van der Waals surface area contributed by atoms with Gasteiger partial charge in [0.2, 0.25) is 5.91 Å². The van der Waals surface area contributed by atoms with E-state index >= 15 is 0 Å². The van der Waals surface area contributed by atoms with Gasteiger partial charge in [-0.15, -0.1) is 0 Å². The van der Waals surface area contributed by atoms with Gasteiger partial charge in [0.15, 0.2) is 10.4 Å². The standard InChI is InChI=1S/C15H13BrF2N2O3/c1-8(10-3-2-9(17)6-11(10)18)20-14(21)7-19-15(22)12-4-5-13(16)23-12/h2-6,8H,7H2,1H3,(H,19,22)(H,20,21). The van der Waals surface area contributed by atoms with Gasteiger partial charge >= 0.3 is 0 Å². The van der Waals surface area contributed by atoms with E-state index in [0.717, 1.165) is 12.1 Å². The summed E-state index contributed by atoms with van der Waals surface area (Å²) in [6.45, 7) is 1.25. The van der Waals surface area contributed by atoms with E-state index in [0.29, 0.717) is 4.67 Å². The number of nitrogens with one attached hydrogen (secondary N) is 2. The molecule has 2 rings (SSSR count). The fourth-order valence-electron chi connectivity index (χ4n) is 1.91. The van der Waals surface area contributed by atoms with Crippen LogP contribution in [0, 0.1) is 11.6 Å². The highest BCUT2D eigenvalue weighted by molar-refractivity contribution is 9.10.